The second kappa shape index (κ2) is 9.44. The maximum Gasteiger partial charge on any atom is 0.240 e. The predicted octanol–water partition coefficient (Wildman–Crippen LogP) is 6.18. The number of ether oxygens (including phenoxy) is 1. The van der Waals surface area contributed by atoms with Crippen molar-refractivity contribution in [2.75, 3.05) is 10.6 Å². The second-order valence-electron chi connectivity index (χ2n) is 9.08. The largest absolute Gasteiger partial charge is 0.457 e. The van der Waals surface area contributed by atoms with Gasteiger partial charge in [-0.1, -0.05) is 11.2 Å². The van der Waals surface area contributed by atoms with E-state index in [0.717, 1.165) is 22.0 Å². The summed E-state index contributed by atoms with van der Waals surface area (Å²) in [4.78, 5) is 30.2. The Morgan fingerprint density at radius 3 is 2.18 bits per heavy atom. The van der Waals surface area contributed by atoms with Crippen LogP contribution in [0.5, 0.6) is 11.5 Å². The third kappa shape index (κ3) is 4.57. The Bertz CT molecular complexity index is 1630. The molecule has 0 radical (unpaired) electrons. The van der Waals surface area contributed by atoms with E-state index in [1.54, 1.807) is 49.0 Å². The number of nitrogens with one attached hydrogen (secondary N) is 2. The molecule has 0 bridgehead atoms. The van der Waals surface area contributed by atoms with Gasteiger partial charge in [0, 0.05) is 28.5 Å². The minimum absolute atomic E-state index is 0.380. The van der Waals surface area contributed by atoms with Crippen LogP contribution in [0.2, 0.25) is 0 Å². The van der Waals surface area contributed by atoms with E-state index in [4.69, 9.17) is 9.26 Å². The molecule has 38 heavy (non-hydrogen) atoms. The summed E-state index contributed by atoms with van der Waals surface area (Å²) in [5.41, 5.74) is 2.40. The molecule has 8 nitrogen and oxygen atoms in total. The SMILES string of the molecule is O=C(Nc1ccc(F)cc1)C1(C(=O)Nc2ccc(Oc3ccnc4cc(-c5cnoc5)ccc34)cc2)CC1. The van der Waals surface area contributed by atoms with Crippen molar-refractivity contribution < 1.29 is 23.2 Å². The average Bonchev–Trinajstić information content (AvgIpc) is 3.57. The first-order valence-corrected chi connectivity index (χ1v) is 12.0. The molecule has 0 aliphatic heterocycles. The highest BCUT2D eigenvalue weighted by Gasteiger charge is 2.56. The van der Waals surface area contributed by atoms with Crippen molar-refractivity contribution in [1.29, 1.82) is 0 Å². The number of fused-ring (bicyclic) bond motifs is 1. The molecule has 1 fully saturated rings. The van der Waals surface area contributed by atoms with Gasteiger partial charge in [0.1, 0.15) is 29.0 Å². The van der Waals surface area contributed by atoms with E-state index >= 15 is 0 Å². The van der Waals surface area contributed by atoms with Crippen LogP contribution in [0.25, 0.3) is 22.0 Å². The molecule has 188 valence electrons. The average molecular weight is 509 g/mol. The van der Waals surface area contributed by atoms with Gasteiger partial charge in [0.2, 0.25) is 11.8 Å². The van der Waals surface area contributed by atoms with Gasteiger partial charge in [-0.25, -0.2) is 4.39 Å². The number of rotatable bonds is 7. The molecule has 3 aromatic carbocycles. The van der Waals surface area contributed by atoms with E-state index < -0.39 is 17.1 Å². The van der Waals surface area contributed by atoms with Crippen molar-refractivity contribution in [3.05, 3.63) is 97.3 Å². The lowest BCUT2D eigenvalue weighted by molar-refractivity contribution is -0.131. The number of hydrogen-bond acceptors (Lipinski definition) is 6. The van der Waals surface area contributed by atoms with Crippen LogP contribution >= 0.6 is 0 Å². The van der Waals surface area contributed by atoms with Crippen LogP contribution in [0.1, 0.15) is 12.8 Å². The van der Waals surface area contributed by atoms with Crippen LogP contribution in [-0.4, -0.2) is 22.0 Å². The summed E-state index contributed by atoms with van der Waals surface area (Å²) in [5.74, 6) is 0.0309. The lowest BCUT2D eigenvalue weighted by atomic mass is 10.0. The maximum absolute atomic E-state index is 13.1. The van der Waals surface area contributed by atoms with Crippen LogP contribution in [-0.2, 0) is 9.59 Å². The normalized spacial score (nSPS) is 13.6. The van der Waals surface area contributed by atoms with E-state index in [1.807, 2.05) is 18.2 Å². The summed E-state index contributed by atoms with van der Waals surface area (Å²) in [6, 6.07) is 19.9. The first-order valence-electron chi connectivity index (χ1n) is 12.0. The van der Waals surface area contributed by atoms with E-state index in [1.165, 1.54) is 24.3 Å². The molecule has 6 rings (SSSR count). The zero-order chi connectivity index (χ0) is 26.1. The summed E-state index contributed by atoms with van der Waals surface area (Å²) < 4.78 is 24.2. The first-order chi connectivity index (χ1) is 18.5. The Kier molecular flexibility index (Phi) is 5.80. The fourth-order valence-corrected chi connectivity index (χ4v) is 4.19. The van der Waals surface area contributed by atoms with Crippen molar-refractivity contribution >= 4 is 34.1 Å². The fraction of sp³-hybridized carbons (Fsp3) is 0.103. The number of hydrogen-bond donors (Lipinski definition) is 2. The minimum Gasteiger partial charge on any atom is -0.457 e. The van der Waals surface area contributed by atoms with Gasteiger partial charge in [-0.3, -0.25) is 14.6 Å². The van der Waals surface area contributed by atoms with E-state index in [9.17, 15) is 14.0 Å². The lowest BCUT2D eigenvalue weighted by Crippen LogP contribution is -2.35. The molecule has 1 aliphatic rings. The number of carbonyl (C=O) groups excluding carboxylic acids is 2. The van der Waals surface area contributed by atoms with Gasteiger partial charge in [0.15, 0.2) is 0 Å². The fourth-order valence-electron chi connectivity index (χ4n) is 4.19. The Hall–Kier alpha value is -5.05. The van der Waals surface area contributed by atoms with Crippen LogP contribution in [0.3, 0.4) is 0 Å². The molecule has 2 N–H and O–H groups in total. The highest BCUT2D eigenvalue weighted by atomic mass is 19.1. The molecule has 0 saturated heterocycles. The molecule has 2 amide bonds. The van der Waals surface area contributed by atoms with Gasteiger partial charge in [-0.2, -0.15) is 0 Å². The minimum atomic E-state index is -1.13. The van der Waals surface area contributed by atoms with Crippen LogP contribution in [0.15, 0.2) is 96.0 Å². The Balaban J connectivity index is 1.13. The summed E-state index contributed by atoms with van der Waals surface area (Å²) in [5, 5.41) is 10.1. The molecule has 5 aromatic rings. The predicted molar refractivity (Wildman–Crippen MR) is 139 cm³/mol. The molecular formula is C29H21FN4O4. The number of benzene rings is 3. The molecule has 0 unspecified atom stereocenters. The summed E-state index contributed by atoms with van der Waals surface area (Å²) in [7, 11) is 0. The molecule has 9 heteroatoms. The Morgan fingerprint density at radius 1 is 0.868 bits per heavy atom. The van der Waals surface area contributed by atoms with Gasteiger partial charge in [-0.05, 0) is 85.1 Å². The van der Waals surface area contributed by atoms with Gasteiger partial charge in [0.05, 0.1) is 11.7 Å². The standard InChI is InChI=1S/C29H21FN4O4/c30-20-2-4-21(5-3-20)33-27(35)29(12-13-29)28(36)34-22-6-8-23(9-7-22)38-26-11-14-31-25-15-18(1-10-24(25)26)19-16-32-37-17-19/h1-11,14-17H,12-13H2,(H,33,35)(H,34,36). The van der Waals surface area contributed by atoms with Crippen LogP contribution in [0.4, 0.5) is 15.8 Å². The molecule has 0 atom stereocenters. The number of anilines is 2. The van der Waals surface area contributed by atoms with Crippen molar-refractivity contribution in [2.45, 2.75) is 12.8 Å². The van der Waals surface area contributed by atoms with Crippen molar-refractivity contribution in [2.24, 2.45) is 5.41 Å². The molecule has 2 aromatic heterocycles. The van der Waals surface area contributed by atoms with Gasteiger partial charge in [-0.15, -0.1) is 0 Å². The topological polar surface area (TPSA) is 106 Å². The molecule has 2 heterocycles. The number of nitrogens with zero attached hydrogens (tertiary/aromatic N) is 2. The molecular weight excluding hydrogens is 487 g/mol. The zero-order valence-electron chi connectivity index (χ0n) is 20.0. The number of carbonyl (C=O) groups is 2. The third-order valence-electron chi connectivity index (χ3n) is 6.53. The van der Waals surface area contributed by atoms with E-state index in [2.05, 4.69) is 20.8 Å². The van der Waals surface area contributed by atoms with Gasteiger partial charge >= 0.3 is 0 Å². The number of amides is 2. The lowest BCUT2D eigenvalue weighted by Gasteiger charge is -2.16. The highest BCUT2D eigenvalue weighted by molar-refractivity contribution is 6.16. The zero-order valence-corrected chi connectivity index (χ0v) is 20.0. The summed E-state index contributed by atoms with van der Waals surface area (Å²) in [6.45, 7) is 0. The smallest absolute Gasteiger partial charge is 0.240 e. The van der Waals surface area contributed by atoms with E-state index in [-0.39, 0.29) is 5.91 Å². The number of pyridine rings is 1. The highest BCUT2D eigenvalue weighted by Crippen LogP contribution is 2.47. The Labute approximate surface area is 216 Å². The number of halogens is 1. The quantitative estimate of drug-likeness (QED) is 0.254. The van der Waals surface area contributed by atoms with Crippen LogP contribution < -0.4 is 15.4 Å². The van der Waals surface area contributed by atoms with Crippen molar-refractivity contribution in [1.82, 2.24) is 10.1 Å². The van der Waals surface area contributed by atoms with Crippen LogP contribution in [0, 0.1) is 11.2 Å². The third-order valence-corrected chi connectivity index (χ3v) is 6.53. The molecule has 1 aliphatic carbocycles. The summed E-state index contributed by atoms with van der Waals surface area (Å²) >= 11 is 0. The monoisotopic (exact) mass is 508 g/mol. The van der Waals surface area contributed by atoms with Crippen molar-refractivity contribution in [3.63, 3.8) is 0 Å². The first kappa shape index (κ1) is 23.4. The van der Waals surface area contributed by atoms with Gasteiger partial charge in [0.25, 0.3) is 0 Å². The van der Waals surface area contributed by atoms with Crippen molar-refractivity contribution in [3.8, 4) is 22.6 Å². The van der Waals surface area contributed by atoms with Gasteiger partial charge < -0.3 is 19.9 Å². The second-order valence-corrected chi connectivity index (χ2v) is 9.08. The molecule has 0 spiro atoms. The number of aromatic nitrogens is 2. The van der Waals surface area contributed by atoms with E-state index in [0.29, 0.717) is 35.7 Å². The molecule has 1 saturated carbocycles. The summed E-state index contributed by atoms with van der Waals surface area (Å²) in [6.07, 6.45) is 5.79. The Morgan fingerprint density at radius 2 is 1.55 bits per heavy atom. The maximum atomic E-state index is 13.1.